The van der Waals surface area contributed by atoms with Crippen LogP contribution in [0.2, 0.25) is 0 Å². The van der Waals surface area contributed by atoms with Gasteiger partial charge in [0, 0.05) is 24.4 Å². The van der Waals surface area contributed by atoms with Gasteiger partial charge in [0.2, 0.25) is 11.8 Å². The SMILES string of the molecule is CC(C)Oc1ccc2c(NC(=O)CN3CCCC3=O)nn(Cc3ccccc3)c2c1. The van der Waals surface area contributed by atoms with Crippen LogP contribution in [0, 0.1) is 0 Å². The molecule has 156 valence electrons. The van der Waals surface area contributed by atoms with E-state index in [9.17, 15) is 9.59 Å². The fourth-order valence-electron chi connectivity index (χ4n) is 3.68. The van der Waals surface area contributed by atoms with Crippen LogP contribution in [0.4, 0.5) is 5.82 Å². The first kappa shape index (κ1) is 19.9. The largest absolute Gasteiger partial charge is 0.491 e. The third-order valence-electron chi connectivity index (χ3n) is 5.03. The van der Waals surface area contributed by atoms with Crippen LogP contribution in [0.25, 0.3) is 10.9 Å². The van der Waals surface area contributed by atoms with Gasteiger partial charge < -0.3 is 15.0 Å². The molecule has 1 N–H and O–H groups in total. The minimum atomic E-state index is -0.237. The summed E-state index contributed by atoms with van der Waals surface area (Å²) in [5.41, 5.74) is 1.99. The topological polar surface area (TPSA) is 76.5 Å². The number of carbonyl (C=O) groups excluding carboxylic acids is 2. The summed E-state index contributed by atoms with van der Waals surface area (Å²) in [7, 11) is 0. The van der Waals surface area contributed by atoms with Crippen LogP contribution < -0.4 is 10.1 Å². The van der Waals surface area contributed by atoms with Gasteiger partial charge in [0.25, 0.3) is 0 Å². The van der Waals surface area contributed by atoms with Gasteiger partial charge in [0.05, 0.1) is 24.7 Å². The molecule has 30 heavy (non-hydrogen) atoms. The fraction of sp³-hybridized carbons (Fsp3) is 0.348. The zero-order chi connectivity index (χ0) is 21.1. The van der Waals surface area contributed by atoms with Gasteiger partial charge in [-0.25, -0.2) is 0 Å². The zero-order valence-electron chi connectivity index (χ0n) is 17.3. The number of hydrogen-bond donors (Lipinski definition) is 1. The van der Waals surface area contributed by atoms with Crippen molar-refractivity contribution >= 4 is 28.5 Å². The van der Waals surface area contributed by atoms with E-state index in [0.717, 1.165) is 28.6 Å². The molecule has 2 heterocycles. The number of fused-ring (bicyclic) bond motifs is 1. The van der Waals surface area contributed by atoms with E-state index in [1.165, 1.54) is 0 Å². The Hall–Kier alpha value is -3.35. The maximum Gasteiger partial charge on any atom is 0.245 e. The predicted molar refractivity (Wildman–Crippen MR) is 115 cm³/mol. The van der Waals surface area contributed by atoms with Gasteiger partial charge in [0.15, 0.2) is 5.82 Å². The Morgan fingerprint density at radius 2 is 2.00 bits per heavy atom. The average Bonchev–Trinajstić information content (AvgIpc) is 3.25. The molecule has 2 aromatic carbocycles. The Labute approximate surface area is 175 Å². The summed E-state index contributed by atoms with van der Waals surface area (Å²) < 4.78 is 7.72. The van der Waals surface area contributed by atoms with E-state index in [2.05, 4.69) is 10.4 Å². The molecule has 1 saturated heterocycles. The summed E-state index contributed by atoms with van der Waals surface area (Å²) in [5, 5.41) is 8.39. The van der Waals surface area contributed by atoms with Crippen molar-refractivity contribution in [2.45, 2.75) is 39.3 Å². The van der Waals surface area contributed by atoms with Crippen LogP contribution in [-0.2, 0) is 16.1 Å². The number of nitrogens with one attached hydrogen (secondary N) is 1. The third-order valence-corrected chi connectivity index (χ3v) is 5.03. The van der Waals surface area contributed by atoms with Crippen molar-refractivity contribution in [2.75, 3.05) is 18.4 Å². The highest BCUT2D eigenvalue weighted by Crippen LogP contribution is 2.28. The van der Waals surface area contributed by atoms with E-state index in [1.807, 2.05) is 67.1 Å². The van der Waals surface area contributed by atoms with E-state index >= 15 is 0 Å². The molecule has 0 radical (unpaired) electrons. The van der Waals surface area contributed by atoms with Crippen molar-refractivity contribution in [3.05, 3.63) is 54.1 Å². The average molecular weight is 406 g/mol. The highest BCUT2D eigenvalue weighted by molar-refractivity contribution is 6.01. The molecule has 0 saturated carbocycles. The second-order valence-corrected chi connectivity index (χ2v) is 7.80. The number of anilines is 1. The number of aromatic nitrogens is 2. The standard InChI is InChI=1S/C23H26N4O3/c1-16(2)30-18-10-11-19-20(13-18)27(14-17-7-4-3-5-8-17)25-23(19)24-21(28)15-26-12-6-9-22(26)29/h3-5,7-8,10-11,13,16H,6,9,12,14-15H2,1-2H3,(H,24,25,28). The highest BCUT2D eigenvalue weighted by Gasteiger charge is 2.23. The molecule has 7 nitrogen and oxygen atoms in total. The van der Waals surface area contributed by atoms with Gasteiger partial charge >= 0.3 is 0 Å². The molecule has 0 unspecified atom stereocenters. The van der Waals surface area contributed by atoms with Crippen LogP contribution in [0.3, 0.4) is 0 Å². The van der Waals surface area contributed by atoms with Crippen molar-refractivity contribution in [1.82, 2.24) is 14.7 Å². The van der Waals surface area contributed by atoms with Crippen molar-refractivity contribution in [3.8, 4) is 5.75 Å². The lowest BCUT2D eigenvalue weighted by atomic mass is 10.2. The minimum absolute atomic E-state index is 0.0279. The van der Waals surface area contributed by atoms with Crippen molar-refractivity contribution in [1.29, 1.82) is 0 Å². The van der Waals surface area contributed by atoms with Gasteiger partial charge in [-0.15, -0.1) is 0 Å². The first-order chi connectivity index (χ1) is 14.5. The lowest BCUT2D eigenvalue weighted by Gasteiger charge is -2.14. The smallest absolute Gasteiger partial charge is 0.245 e. The summed E-state index contributed by atoms with van der Waals surface area (Å²) in [6.07, 6.45) is 1.38. The van der Waals surface area contributed by atoms with Crippen LogP contribution in [0.5, 0.6) is 5.75 Å². The van der Waals surface area contributed by atoms with E-state index in [4.69, 9.17) is 4.74 Å². The highest BCUT2D eigenvalue weighted by atomic mass is 16.5. The van der Waals surface area contributed by atoms with E-state index in [-0.39, 0.29) is 24.5 Å². The molecule has 0 bridgehead atoms. The second kappa shape index (κ2) is 8.57. The molecule has 0 aliphatic carbocycles. The monoisotopic (exact) mass is 406 g/mol. The molecule has 2 amide bonds. The van der Waals surface area contributed by atoms with Crippen LogP contribution in [0.1, 0.15) is 32.3 Å². The molecule has 1 aliphatic heterocycles. The fourth-order valence-corrected chi connectivity index (χ4v) is 3.68. The van der Waals surface area contributed by atoms with Crippen LogP contribution in [0.15, 0.2) is 48.5 Å². The Kier molecular flexibility index (Phi) is 5.70. The molecule has 0 atom stereocenters. The van der Waals surface area contributed by atoms with Crippen LogP contribution >= 0.6 is 0 Å². The number of ether oxygens (including phenoxy) is 1. The Bertz CT molecular complexity index is 1060. The van der Waals surface area contributed by atoms with Crippen LogP contribution in [-0.4, -0.2) is 45.7 Å². The first-order valence-electron chi connectivity index (χ1n) is 10.3. The number of carbonyl (C=O) groups is 2. The third kappa shape index (κ3) is 4.45. The molecular formula is C23H26N4O3. The summed E-state index contributed by atoms with van der Waals surface area (Å²) in [6, 6.07) is 15.8. The molecule has 7 heteroatoms. The minimum Gasteiger partial charge on any atom is -0.491 e. The van der Waals surface area contributed by atoms with Crippen molar-refractivity contribution in [3.63, 3.8) is 0 Å². The Balaban J connectivity index is 1.63. The Morgan fingerprint density at radius 1 is 1.20 bits per heavy atom. The summed E-state index contributed by atoms with van der Waals surface area (Å²) in [6.45, 7) is 5.22. The van der Waals surface area contributed by atoms with Gasteiger partial charge in [0.1, 0.15) is 5.75 Å². The number of nitrogens with zero attached hydrogens (tertiary/aromatic N) is 3. The molecule has 3 aromatic rings. The van der Waals surface area contributed by atoms with Gasteiger partial charge in [-0.2, -0.15) is 5.10 Å². The first-order valence-corrected chi connectivity index (χ1v) is 10.3. The van der Waals surface area contributed by atoms with Crippen molar-refractivity contribution < 1.29 is 14.3 Å². The molecule has 4 rings (SSSR count). The number of likely N-dealkylation sites (tertiary alicyclic amines) is 1. The van der Waals surface area contributed by atoms with Gasteiger partial charge in [-0.05, 0) is 38.0 Å². The van der Waals surface area contributed by atoms with Gasteiger partial charge in [-0.1, -0.05) is 30.3 Å². The summed E-state index contributed by atoms with van der Waals surface area (Å²) >= 11 is 0. The van der Waals surface area contributed by atoms with E-state index in [0.29, 0.717) is 25.3 Å². The lowest BCUT2D eigenvalue weighted by molar-refractivity contribution is -0.131. The predicted octanol–water partition coefficient (Wildman–Crippen LogP) is 3.43. The molecule has 1 aliphatic rings. The number of benzene rings is 2. The molecule has 1 aromatic heterocycles. The zero-order valence-corrected chi connectivity index (χ0v) is 17.3. The Morgan fingerprint density at radius 3 is 2.70 bits per heavy atom. The summed E-state index contributed by atoms with van der Waals surface area (Å²) in [4.78, 5) is 26.0. The van der Waals surface area contributed by atoms with E-state index in [1.54, 1.807) is 4.90 Å². The van der Waals surface area contributed by atoms with Gasteiger partial charge in [-0.3, -0.25) is 14.3 Å². The molecule has 0 spiro atoms. The quantitative estimate of drug-likeness (QED) is 0.652. The maximum absolute atomic E-state index is 12.6. The second-order valence-electron chi connectivity index (χ2n) is 7.80. The summed E-state index contributed by atoms with van der Waals surface area (Å²) in [5.74, 6) is 1.04. The number of rotatable bonds is 7. The van der Waals surface area contributed by atoms with E-state index < -0.39 is 0 Å². The number of hydrogen-bond acceptors (Lipinski definition) is 4. The lowest BCUT2D eigenvalue weighted by Crippen LogP contribution is -2.34. The maximum atomic E-state index is 12.6. The normalized spacial score (nSPS) is 14.0. The van der Waals surface area contributed by atoms with Crippen molar-refractivity contribution in [2.24, 2.45) is 0 Å². The number of amides is 2. The molecular weight excluding hydrogens is 380 g/mol. The molecule has 1 fully saturated rings.